The minimum absolute atomic E-state index is 0.0412. The van der Waals surface area contributed by atoms with Gasteiger partial charge >= 0.3 is 11.9 Å². The maximum absolute atomic E-state index is 13.3. The summed E-state index contributed by atoms with van der Waals surface area (Å²) in [5.41, 5.74) is -0.876. The maximum Gasteiger partial charge on any atom is 0.341 e. The van der Waals surface area contributed by atoms with E-state index in [0.29, 0.717) is 0 Å². The van der Waals surface area contributed by atoms with Crippen LogP contribution in [0.2, 0.25) is 0 Å². The molecule has 0 aliphatic carbocycles. The van der Waals surface area contributed by atoms with Gasteiger partial charge in [-0.3, -0.25) is 4.79 Å². The standard InChI is InChI=1S/C12H10F2O4/c1-18-10(15)4-2-3-7-5-8(13)11(12(16)17)9(14)6-7/h2-3,5-6H,4H2,1H3,(H,16,17). The zero-order chi connectivity index (χ0) is 13.7. The Bertz CT molecular complexity index is 486. The van der Waals surface area contributed by atoms with E-state index in [1.807, 2.05) is 0 Å². The van der Waals surface area contributed by atoms with Crippen molar-refractivity contribution in [1.29, 1.82) is 0 Å². The number of benzene rings is 1. The topological polar surface area (TPSA) is 63.6 Å². The summed E-state index contributed by atoms with van der Waals surface area (Å²) in [5, 5.41) is 8.56. The van der Waals surface area contributed by atoms with Gasteiger partial charge in [0.1, 0.15) is 17.2 Å². The minimum atomic E-state index is -1.67. The van der Waals surface area contributed by atoms with Gasteiger partial charge in [-0.05, 0) is 17.7 Å². The van der Waals surface area contributed by atoms with Crippen molar-refractivity contribution >= 4 is 18.0 Å². The number of carbonyl (C=O) groups excluding carboxylic acids is 1. The molecule has 0 spiro atoms. The predicted molar refractivity (Wildman–Crippen MR) is 59.0 cm³/mol. The Morgan fingerprint density at radius 2 is 1.89 bits per heavy atom. The number of halogens is 2. The maximum atomic E-state index is 13.3. The summed E-state index contributed by atoms with van der Waals surface area (Å²) in [5.74, 6) is -4.50. The number of carboxylic acid groups (broad SMARTS) is 1. The van der Waals surface area contributed by atoms with E-state index in [9.17, 15) is 18.4 Å². The molecule has 0 amide bonds. The minimum Gasteiger partial charge on any atom is -0.477 e. The van der Waals surface area contributed by atoms with Crippen LogP contribution in [0, 0.1) is 11.6 Å². The van der Waals surface area contributed by atoms with E-state index in [1.165, 1.54) is 19.3 Å². The molecule has 18 heavy (non-hydrogen) atoms. The number of esters is 1. The fourth-order valence-corrected chi connectivity index (χ4v) is 1.27. The van der Waals surface area contributed by atoms with Gasteiger partial charge in [-0.15, -0.1) is 0 Å². The third-order valence-electron chi connectivity index (χ3n) is 2.10. The molecule has 0 saturated carbocycles. The molecule has 0 bridgehead atoms. The van der Waals surface area contributed by atoms with Crippen molar-refractivity contribution in [2.75, 3.05) is 7.11 Å². The van der Waals surface area contributed by atoms with E-state index in [0.717, 1.165) is 12.1 Å². The van der Waals surface area contributed by atoms with Gasteiger partial charge in [0.25, 0.3) is 0 Å². The predicted octanol–water partition coefficient (Wildman–Crippen LogP) is 2.24. The van der Waals surface area contributed by atoms with Crippen molar-refractivity contribution in [2.45, 2.75) is 6.42 Å². The van der Waals surface area contributed by atoms with Crippen LogP contribution in [-0.4, -0.2) is 24.2 Å². The lowest BCUT2D eigenvalue weighted by Gasteiger charge is -2.01. The first kappa shape index (κ1) is 13.8. The number of hydrogen-bond donors (Lipinski definition) is 1. The Labute approximate surface area is 101 Å². The van der Waals surface area contributed by atoms with Gasteiger partial charge in [0.05, 0.1) is 13.5 Å². The van der Waals surface area contributed by atoms with Crippen LogP contribution in [0.15, 0.2) is 18.2 Å². The molecule has 1 rings (SSSR count). The molecule has 0 aromatic heterocycles. The number of carboxylic acids is 1. The summed E-state index contributed by atoms with van der Waals surface area (Å²) < 4.78 is 30.9. The monoisotopic (exact) mass is 256 g/mol. The van der Waals surface area contributed by atoms with Crippen LogP contribution in [0.25, 0.3) is 6.08 Å². The lowest BCUT2D eigenvalue weighted by molar-refractivity contribution is -0.139. The molecule has 0 heterocycles. The van der Waals surface area contributed by atoms with Crippen molar-refractivity contribution in [3.8, 4) is 0 Å². The zero-order valence-corrected chi connectivity index (χ0v) is 9.44. The lowest BCUT2D eigenvalue weighted by atomic mass is 10.1. The highest BCUT2D eigenvalue weighted by Crippen LogP contribution is 2.16. The quantitative estimate of drug-likeness (QED) is 0.839. The van der Waals surface area contributed by atoms with Gasteiger partial charge in [0, 0.05) is 0 Å². The van der Waals surface area contributed by atoms with Crippen LogP contribution in [-0.2, 0) is 9.53 Å². The Morgan fingerprint density at radius 3 is 2.33 bits per heavy atom. The zero-order valence-electron chi connectivity index (χ0n) is 9.44. The molecule has 0 aliphatic rings. The van der Waals surface area contributed by atoms with Gasteiger partial charge in [-0.25, -0.2) is 13.6 Å². The first-order valence-corrected chi connectivity index (χ1v) is 4.91. The smallest absolute Gasteiger partial charge is 0.341 e. The van der Waals surface area contributed by atoms with Crippen LogP contribution in [0.5, 0.6) is 0 Å². The Kier molecular flexibility index (Phi) is 4.53. The molecule has 0 atom stereocenters. The van der Waals surface area contributed by atoms with E-state index in [1.54, 1.807) is 0 Å². The van der Waals surface area contributed by atoms with Gasteiger partial charge in [0.2, 0.25) is 0 Å². The third kappa shape index (κ3) is 3.38. The second-order valence-corrected chi connectivity index (χ2v) is 3.35. The van der Waals surface area contributed by atoms with Gasteiger partial charge in [0.15, 0.2) is 0 Å². The SMILES string of the molecule is COC(=O)CC=Cc1cc(F)c(C(=O)O)c(F)c1. The molecule has 0 aliphatic heterocycles. The van der Waals surface area contributed by atoms with E-state index < -0.39 is 29.1 Å². The summed E-state index contributed by atoms with van der Waals surface area (Å²) >= 11 is 0. The largest absolute Gasteiger partial charge is 0.477 e. The van der Waals surface area contributed by atoms with Gasteiger partial charge in [-0.1, -0.05) is 12.2 Å². The molecule has 96 valence electrons. The molecule has 0 radical (unpaired) electrons. The molecule has 1 aromatic rings. The molecule has 6 heteroatoms. The Balaban J connectivity index is 2.93. The second-order valence-electron chi connectivity index (χ2n) is 3.35. The van der Waals surface area contributed by atoms with Crippen molar-refractivity contribution < 1.29 is 28.2 Å². The van der Waals surface area contributed by atoms with Crippen LogP contribution in [0.4, 0.5) is 8.78 Å². The molecule has 1 N–H and O–H groups in total. The van der Waals surface area contributed by atoms with Crippen LogP contribution in [0.1, 0.15) is 22.3 Å². The molecule has 0 fully saturated rings. The molecule has 1 aromatic carbocycles. The Morgan fingerprint density at radius 1 is 1.33 bits per heavy atom. The number of hydrogen-bond acceptors (Lipinski definition) is 3. The van der Waals surface area contributed by atoms with Crippen molar-refractivity contribution in [2.24, 2.45) is 0 Å². The number of ether oxygens (including phenoxy) is 1. The van der Waals surface area contributed by atoms with Crippen molar-refractivity contribution in [3.05, 3.63) is 41.0 Å². The molecular formula is C12H10F2O4. The fourth-order valence-electron chi connectivity index (χ4n) is 1.27. The highest BCUT2D eigenvalue weighted by atomic mass is 19.1. The Hall–Kier alpha value is -2.24. The molecule has 4 nitrogen and oxygen atoms in total. The second kappa shape index (κ2) is 5.90. The lowest BCUT2D eigenvalue weighted by Crippen LogP contribution is -2.04. The molecular weight excluding hydrogens is 246 g/mol. The number of aromatic carboxylic acids is 1. The molecule has 0 unspecified atom stereocenters. The average Bonchev–Trinajstić information content (AvgIpc) is 2.27. The fraction of sp³-hybridized carbons (Fsp3) is 0.167. The van der Waals surface area contributed by atoms with E-state index in [4.69, 9.17) is 5.11 Å². The first-order chi connectivity index (χ1) is 8.45. The summed E-state index contributed by atoms with van der Waals surface area (Å²) in [6.07, 6.45) is 2.62. The van der Waals surface area contributed by atoms with Crippen LogP contribution >= 0.6 is 0 Å². The highest BCUT2D eigenvalue weighted by molar-refractivity contribution is 5.88. The number of carbonyl (C=O) groups is 2. The van der Waals surface area contributed by atoms with E-state index in [2.05, 4.69) is 4.74 Å². The number of methoxy groups -OCH3 is 1. The normalized spacial score (nSPS) is 10.6. The molecule has 0 saturated heterocycles. The average molecular weight is 256 g/mol. The van der Waals surface area contributed by atoms with Crippen LogP contribution < -0.4 is 0 Å². The summed E-state index contributed by atoms with van der Waals surface area (Å²) in [7, 11) is 1.22. The first-order valence-electron chi connectivity index (χ1n) is 4.91. The highest BCUT2D eigenvalue weighted by Gasteiger charge is 2.16. The third-order valence-corrected chi connectivity index (χ3v) is 2.10. The summed E-state index contributed by atoms with van der Waals surface area (Å²) in [6, 6.07) is 1.75. The van der Waals surface area contributed by atoms with Crippen molar-refractivity contribution in [1.82, 2.24) is 0 Å². The van der Waals surface area contributed by atoms with E-state index in [-0.39, 0.29) is 12.0 Å². The van der Waals surface area contributed by atoms with Crippen molar-refractivity contribution in [3.63, 3.8) is 0 Å². The van der Waals surface area contributed by atoms with Gasteiger partial charge < -0.3 is 9.84 Å². The summed E-state index contributed by atoms with van der Waals surface area (Å²) in [4.78, 5) is 21.3. The van der Waals surface area contributed by atoms with Gasteiger partial charge in [-0.2, -0.15) is 0 Å². The van der Waals surface area contributed by atoms with Crippen LogP contribution in [0.3, 0.4) is 0 Å². The summed E-state index contributed by atoms with van der Waals surface area (Å²) in [6.45, 7) is 0. The number of rotatable bonds is 4. The van der Waals surface area contributed by atoms with E-state index >= 15 is 0 Å².